The van der Waals surface area contributed by atoms with E-state index in [0.29, 0.717) is 18.5 Å². The molecular formula is C17H29N3O2. The van der Waals surface area contributed by atoms with Crippen molar-refractivity contribution < 1.29 is 9.59 Å². The lowest BCUT2D eigenvalue weighted by atomic mass is 10.0. The van der Waals surface area contributed by atoms with E-state index in [1.165, 1.54) is 38.5 Å². The van der Waals surface area contributed by atoms with Gasteiger partial charge in [-0.1, -0.05) is 25.7 Å². The molecule has 0 spiro atoms. The summed E-state index contributed by atoms with van der Waals surface area (Å²) in [6.45, 7) is 1.79. The van der Waals surface area contributed by atoms with Crippen LogP contribution in [0.3, 0.4) is 0 Å². The summed E-state index contributed by atoms with van der Waals surface area (Å²) in [6.07, 6.45) is 10.2. The number of hydrogen-bond acceptors (Lipinski definition) is 3. The zero-order chi connectivity index (χ0) is 15.4. The number of rotatable bonds is 5. The Morgan fingerprint density at radius 1 is 1.05 bits per heavy atom. The van der Waals surface area contributed by atoms with Gasteiger partial charge in [0.05, 0.1) is 6.54 Å². The van der Waals surface area contributed by atoms with Crippen molar-refractivity contribution in [1.82, 2.24) is 15.5 Å². The number of carbonyl (C=O) groups is 2. The lowest BCUT2D eigenvalue weighted by molar-refractivity contribution is -0.133. The number of amides is 2. The molecular weight excluding hydrogens is 278 g/mol. The monoisotopic (exact) mass is 307 g/mol. The minimum atomic E-state index is 0.0368. The van der Waals surface area contributed by atoms with Gasteiger partial charge in [0, 0.05) is 31.6 Å². The van der Waals surface area contributed by atoms with E-state index >= 15 is 0 Å². The predicted molar refractivity (Wildman–Crippen MR) is 85.3 cm³/mol. The first kappa shape index (κ1) is 15.8. The van der Waals surface area contributed by atoms with Crippen LogP contribution in [-0.2, 0) is 9.59 Å². The molecule has 2 bridgehead atoms. The van der Waals surface area contributed by atoms with Crippen molar-refractivity contribution in [1.29, 1.82) is 0 Å². The Balaban J connectivity index is 1.35. The van der Waals surface area contributed by atoms with Gasteiger partial charge in [0.25, 0.3) is 0 Å². The Morgan fingerprint density at radius 3 is 2.64 bits per heavy atom. The Labute approximate surface area is 133 Å². The maximum Gasteiger partial charge on any atom is 0.242 e. The van der Waals surface area contributed by atoms with Crippen molar-refractivity contribution in [2.45, 2.75) is 69.9 Å². The fourth-order valence-electron chi connectivity index (χ4n) is 4.18. The number of hydrogen-bond donors (Lipinski definition) is 2. The fourth-order valence-corrected chi connectivity index (χ4v) is 4.18. The van der Waals surface area contributed by atoms with Gasteiger partial charge in [0.2, 0.25) is 11.8 Å². The lowest BCUT2D eigenvalue weighted by Crippen LogP contribution is -2.44. The number of carbonyl (C=O) groups excluding carboxylic acids is 2. The Morgan fingerprint density at radius 2 is 1.82 bits per heavy atom. The molecule has 2 unspecified atom stereocenters. The molecule has 0 aromatic heterocycles. The molecule has 3 aliphatic rings. The zero-order valence-corrected chi connectivity index (χ0v) is 13.5. The number of fused-ring (bicyclic) bond motifs is 2. The van der Waals surface area contributed by atoms with E-state index in [9.17, 15) is 9.59 Å². The Hall–Kier alpha value is -1.10. The van der Waals surface area contributed by atoms with Crippen LogP contribution >= 0.6 is 0 Å². The highest BCUT2D eigenvalue weighted by molar-refractivity contribution is 5.84. The highest BCUT2D eigenvalue weighted by Crippen LogP contribution is 2.28. The van der Waals surface area contributed by atoms with Crippen molar-refractivity contribution in [3.05, 3.63) is 0 Å². The van der Waals surface area contributed by atoms with Gasteiger partial charge in [-0.25, -0.2) is 0 Å². The number of nitrogens with one attached hydrogen (secondary N) is 2. The normalized spacial score (nSPS) is 28.6. The van der Waals surface area contributed by atoms with Crippen molar-refractivity contribution >= 4 is 11.8 Å². The van der Waals surface area contributed by atoms with Crippen LogP contribution < -0.4 is 10.6 Å². The second-order valence-corrected chi connectivity index (χ2v) is 7.23. The summed E-state index contributed by atoms with van der Waals surface area (Å²) in [5, 5.41) is 6.39. The first-order chi connectivity index (χ1) is 10.7. The van der Waals surface area contributed by atoms with Crippen LogP contribution in [0.2, 0.25) is 0 Å². The van der Waals surface area contributed by atoms with Gasteiger partial charge in [-0.15, -0.1) is 0 Å². The first-order valence-electron chi connectivity index (χ1n) is 9.01. The Kier molecular flexibility index (Phi) is 5.34. The van der Waals surface area contributed by atoms with Gasteiger partial charge < -0.3 is 15.5 Å². The molecule has 0 aromatic rings. The van der Waals surface area contributed by atoms with E-state index in [-0.39, 0.29) is 18.4 Å². The van der Waals surface area contributed by atoms with Crippen molar-refractivity contribution in [2.24, 2.45) is 5.92 Å². The van der Waals surface area contributed by atoms with Gasteiger partial charge in [-0.2, -0.15) is 0 Å². The van der Waals surface area contributed by atoms with Crippen LogP contribution in [0.1, 0.15) is 57.8 Å². The van der Waals surface area contributed by atoms with Crippen LogP contribution in [0.5, 0.6) is 0 Å². The van der Waals surface area contributed by atoms with E-state index < -0.39 is 0 Å². The standard InChI is InChI=1S/C17H29N3O2/c21-16(8-5-13-3-1-2-4-13)18-11-17(22)20-10-9-14-6-7-15(12-20)19-14/h13-15,19H,1-12H2,(H,18,21). The summed E-state index contributed by atoms with van der Waals surface area (Å²) in [7, 11) is 0. The molecule has 0 radical (unpaired) electrons. The molecule has 124 valence electrons. The third-order valence-corrected chi connectivity index (χ3v) is 5.57. The largest absolute Gasteiger partial charge is 0.347 e. The van der Waals surface area contributed by atoms with E-state index in [4.69, 9.17) is 0 Å². The molecule has 1 saturated carbocycles. The molecule has 1 aliphatic carbocycles. The van der Waals surface area contributed by atoms with Gasteiger partial charge in [-0.05, 0) is 31.6 Å². The van der Waals surface area contributed by atoms with E-state index in [1.807, 2.05) is 4.90 Å². The van der Waals surface area contributed by atoms with E-state index in [1.54, 1.807) is 0 Å². The molecule has 2 saturated heterocycles. The molecule has 3 fully saturated rings. The van der Waals surface area contributed by atoms with Gasteiger partial charge >= 0.3 is 0 Å². The highest BCUT2D eigenvalue weighted by Gasteiger charge is 2.31. The van der Waals surface area contributed by atoms with Crippen LogP contribution in [0.4, 0.5) is 0 Å². The maximum absolute atomic E-state index is 12.3. The molecule has 0 aromatic carbocycles. The van der Waals surface area contributed by atoms with Crippen LogP contribution in [0.15, 0.2) is 0 Å². The molecule has 2 N–H and O–H groups in total. The molecule has 3 rings (SSSR count). The van der Waals surface area contributed by atoms with Gasteiger partial charge in [0.1, 0.15) is 0 Å². The van der Waals surface area contributed by atoms with E-state index in [2.05, 4.69) is 10.6 Å². The summed E-state index contributed by atoms with van der Waals surface area (Å²) in [5.74, 6) is 0.840. The minimum absolute atomic E-state index is 0.0368. The number of likely N-dealkylation sites (tertiary alicyclic amines) is 1. The smallest absolute Gasteiger partial charge is 0.242 e. The number of nitrogens with zero attached hydrogens (tertiary/aromatic N) is 1. The van der Waals surface area contributed by atoms with Gasteiger partial charge in [-0.3, -0.25) is 9.59 Å². The first-order valence-corrected chi connectivity index (χ1v) is 9.01. The third kappa shape index (κ3) is 4.22. The molecule has 2 heterocycles. The van der Waals surface area contributed by atoms with Crippen molar-refractivity contribution in [3.8, 4) is 0 Å². The second kappa shape index (κ2) is 7.44. The van der Waals surface area contributed by atoms with Crippen molar-refractivity contribution in [3.63, 3.8) is 0 Å². The maximum atomic E-state index is 12.3. The third-order valence-electron chi connectivity index (χ3n) is 5.57. The lowest BCUT2D eigenvalue weighted by Gasteiger charge is -2.24. The zero-order valence-electron chi connectivity index (χ0n) is 13.5. The van der Waals surface area contributed by atoms with Gasteiger partial charge in [0.15, 0.2) is 0 Å². The van der Waals surface area contributed by atoms with E-state index in [0.717, 1.165) is 31.8 Å². The average molecular weight is 307 g/mol. The second-order valence-electron chi connectivity index (χ2n) is 7.23. The Bertz CT molecular complexity index is 407. The van der Waals surface area contributed by atoms with Crippen LogP contribution in [0, 0.1) is 5.92 Å². The summed E-state index contributed by atoms with van der Waals surface area (Å²) in [5.41, 5.74) is 0. The molecule has 2 atom stereocenters. The molecule has 5 nitrogen and oxygen atoms in total. The SMILES string of the molecule is O=C(CCC1CCCC1)NCC(=O)N1CCC2CCC(C1)N2. The topological polar surface area (TPSA) is 61.4 Å². The minimum Gasteiger partial charge on any atom is -0.347 e. The summed E-state index contributed by atoms with van der Waals surface area (Å²) in [6, 6.07) is 1.04. The fraction of sp³-hybridized carbons (Fsp3) is 0.882. The highest BCUT2D eigenvalue weighted by atomic mass is 16.2. The predicted octanol–water partition coefficient (Wildman–Crippen LogP) is 1.43. The average Bonchev–Trinajstić information content (AvgIpc) is 3.12. The molecule has 2 amide bonds. The van der Waals surface area contributed by atoms with Crippen LogP contribution in [-0.4, -0.2) is 48.4 Å². The van der Waals surface area contributed by atoms with Crippen LogP contribution in [0.25, 0.3) is 0 Å². The summed E-state index contributed by atoms with van der Waals surface area (Å²) >= 11 is 0. The molecule has 5 heteroatoms. The summed E-state index contributed by atoms with van der Waals surface area (Å²) in [4.78, 5) is 26.1. The summed E-state index contributed by atoms with van der Waals surface area (Å²) < 4.78 is 0. The molecule has 22 heavy (non-hydrogen) atoms. The van der Waals surface area contributed by atoms with Crippen molar-refractivity contribution in [2.75, 3.05) is 19.6 Å². The quantitative estimate of drug-likeness (QED) is 0.807. The molecule has 2 aliphatic heterocycles.